The molecule has 0 aromatic rings. The summed E-state index contributed by atoms with van der Waals surface area (Å²) in [5, 5.41) is 3.61. The van der Waals surface area contributed by atoms with Gasteiger partial charge in [-0.2, -0.15) is 0 Å². The summed E-state index contributed by atoms with van der Waals surface area (Å²) in [6.07, 6.45) is 4.61. The summed E-state index contributed by atoms with van der Waals surface area (Å²) in [4.78, 5) is 5.19. The van der Waals surface area contributed by atoms with Crippen molar-refractivity contribution in [2.24, 2.45) is 0 Å². The minimum absolute atomic E-state index is 0.321. The molecule has 1 unspecified atom stereocenters. The highest BCUT2D eigenvalue weighted by atomic mass is 15.3. The minimum Gasteiger partial charge on any atom is -0.312 e. The highest BCUT2D eigenvalue weighted by Gasteiger charge is 2.32. The second-order valence-corrected chi connectivity index (χ2v) is 6.08. The molecule has 3 nitrogen and oxygen atoms in total. The summed E-state index contributed by atoms with van der Waals surface area (Å²) in [6.45, 7) is 15.6. The lowest BCUT2D eigenvalue weighted by Crippen LogP contribution is -2.57. The van der Waals surface area contributed by atoms with Gasteiger partial charge in [-0.25, -0.2) is 0 Å². The molecule has 0 aromatic carbocycles. The van der Waals surface area contributed by atoms with E-state index in [1.165, 1.54) is 45.6 Å². The predicted molar refractivity (Wildman–Crippen MR) is 73.3 cm³/mol. The highest BCUT2D eigenvalue weighted by Crippen LogP contribution is 2.23. The molecule has 2 rings (SSSR count). The van der Waals surface area contributed by atoms with Gasteiger partial charge in [-0.3, -0.25) is 9.80 Å². The molecular weight excluding hydrogens is 210 g/mol. The molecule has 2 fully saturated rings. The first-order chi connectivity index (χ1) is 8.11. The largest absolute Gasteiger partial charge is 0.312 e. The van der Waals surface area contributed by atoms with Crippen LogP contribution >= 0.6 is 0 Å². The van der Waals surface area contributed by atoms with Gasteiger partial charge in [0.05, 0.1) is 0 Å². The average Bonchev–Trinajstić information content (AvgIpc) is 2.29. The number of piperidine rings is 1. The smallest absolute Gasteiger partial charge is 0.0161 e. The summed E-state index contributed by atoms with van der Waals surface area (Å²) >= 11 is 0. The van der Waals surface area contributed by atoms with Crippen LogP contribution in [0.3, 0.4) is 0 Å². The van der Waals surface area contributed by atoms with E-state index in [1.807, 2.05) is 6.08 Å². The van der Waals surface area contributed by atoms with Crippen LogP contribution in [-0.4, -0.2) is 60.6 Å². The molecular formula is C14H27N3. The van der Waals surface area contributed by atoms with Crippen molar-refractivity contribution in [2.75, 3.05) is 39.3 Å². The minimum atomic E-state index is 0.321. The zero-order valence-electron chi connectivity index (χ0n) is 11.4. The van der Waals surface area contributed by atoms with Crippen LogP contribution in [0.2, 0.25) is 0 Å². The van der Waals surface area contributed by atoms with Crippen LogP contribution in [-0.2, 0) is 0 Å². The molecule has 1 atom stereocenters. The van der Waals surface area contributed by atoms with Crippen molar-refractivity contribution >= 4 is 0 Å². The molecule has 0 spiro atoms. The Kier molecular flexibility index (Phi) is 4.23. The third-order valence-corrected chi connectivity index (χ3v) is 4.14. The summed E-state index contributed by atoms with van der Waals surface area (Å²) in [6, 6.07) is 0.789. The summed E-state index contributed by atoms with van der Waals surface area (Å²) in [7, 11) is 0. The van der Waals surface area contributed by atoms with Crippen LogP contribution in [0, 0.1) is 0 Å². The number of hydrogen-bond acceptors (Lipinski definition) is 3. The van der Waals surface area contributed by atoms with E-state index in [9.17, 15) is 0 Å². The number of nitrogens with one attached hydrogen (secondary N) is 1. The van der Waals surface area contributed by atoms with Crippen LogP contribution in [0.25, 0.3) is 0 Å². The lowest BCUT2D eigenvalue weighted by Gasteiger charge is -2.45. The number of nitrogens with zero attached hydrogens (tertiary/aromatic N) is 2. The van der Waals surface area contributed by atoms with Crippen molar-refractivity contribution in [3.63, 3.8) is 0 Å². The molecule has 0 aromatic heterocycles. The number of piperazine rings is 1. The predicted octanol–water partition coefficient (Wildman–Crippen LogP) is 1.32. The molecule has 0 aliphatic carbocycles. The molecule has 3 heteroatoms. The third kappa shape index (κ3) is 3.54. The van der Waals surface area contributed by atoms with Crippen LogP contribution < -0.4 is 5.32 Å². The van der Waals surface area contributed by atoms with Gasteiger partial charge in [-0.1, -0.05) is 6.08 Å². The van der Waals surface area contributed by atoms with Crippen molar-refractivity contribution in [3.8, 4) is 0 Å². The van der Waals surface area contributed by atoms with Gasteiger partial charge in [0.15, 0.2) is 0 Å². The monoisotopic (exact) mass is 237 g/mol. The maximum Gasteiger partial charge on any atom is 0.0161 e. The lowest BCUT2D eigenvalue weighted by molar-refractivity contribution is 0.0668. The van der Waals surface area contributed by atoms with Crippen molar-refractivity contribution in [1.29, 1.82) is 0 Å². The molecule has 17 heavy (non-hydrogen) atoms. The van der Waals surface area contributed by atoms with Gasteiger partial charge in [0.2, 0.25) is 0 Å². The zero-order valence-corrected chi connectivity index (χ0v) is 11.4. The number of rotatable bonds is 3. The standard InChI is InChI=1S/C14H27N3/c1-4-7-16-8-10-17(11-9-16)13-5-6-15-14(2,3)12-13/h4,13,15H,1,5-12H2,2-3H3. The molecule has 0 bridgehead atoms. The fourth-order valence-electron chi connectivity index (χ4n) is 3.15. The highest BCUT2D eigenvalue weighted by molar-refractivity contribution is 4.92. The third-order valence-electron chi connectivity index (χ3n) is 4.14. The van der Waals surface area contributed by atoms with E-state index in [2.05, 4.69) is 35.5 Å². The van der Waals surface area contributed by atoms with Gasteiger partial charge >= 0.3 is 0 Å². The van der Waals surface area contributed by atoms with E-state index < -0.39 is 0 Å². The van der Waals surface area contributed by atoms with Crippen molar-refractivity contribution in [3.05, 3.63) is 12.7 Å². The van der Waals surface area contributed by atoms with E-state index >= 15 is 0 Å². The molecule has 2 saturated heterocycles. The average molecular weight is 237 g/mol. The van der Waals surface area contributed by atoms with E-state index in [0.717, 1.165) is 12.6 Å². The van der Waals surface area contributed by atoms with E-state index in [1.54, 1.807) is 0 Å². The molecule has 2 aliphatic heterocycles. The molecule has 98 valence electrons. The lowest BCUT2D eigenvalue weighted by atomic mass is 9.88. The molecule has 1 N–H and O–H groups in total. The summed E-state index contributed by atoms with van der Waals surface area (Å²) in [5.74, 6) is 0. The SMILES string of the molecule is C=CCN1CCN(C2CCNC(C)(C)C2)CC1. The molecule has 2 heterocycles. The molecule has 0 radical (unpaired) electrons. The van der Waals surface area contributed by atoms with Gasteiger partial charge in [-0.15, -0.1) is 6.58 Å². The zero-order chi connectivity index (χ0) is 12.3. The van der Waals surface area contributed by atoms with Crippen LogP contribution in [0.5, 0.6) is 0 Å². The Bertz CT molecular complexity index is 254. The first-order valence-electron chi connectivity index (χ1n) is 6.93. The van der Waals surface area contributed by atoms with Gasteiger partial charge < -0.3 is 5.32 Å². The van der Waals surface area contributed by atoms with E-state index in [4.69, 9.17) is 0 Å². The molecule has 0 amide bonds. The van der Waals surface area contributed by atoms with Crippen molar-refractivity contribution < 1.29 is 0 Å². The van der Waals surface area contributed by atoms with Gasteiger partial charge in [0.1, 0.15) is 0 Å². The molecule has 0 saturated carbocycles. The second-order valence-electron chi connectivity index (χ2n) is 6.08. The Morgan fingerprint density at radius 2 is 2.00 bits per heavy atom. The van der Waals surface area contributed by atoms with Crippen LogP contribution in [0.1, 0.15) is 26.7 Å². The second kappa shape index (κ2) is 5.51. The summed E-state index contributed by atoms with van der Waals surface area (Å²) in [5.41, 5.74) is 0.321. The maximum atomic E-state index is 3.82. The van der Waals surface area contributed by atoms with Gasteiger partial charge in [0.25, 0.3) is 0 Å². The molecule has 2 aliphatic rings. The van der Waals surface area contributed by atoms with E-state index in [0.29, 0.717) is 5.54 Å². The van der Waals surface area contributed by atoms with Crippen LogP contribution in [0.15, 0.2) is 12.7 Å². The quantitative estimate of drug-likeness (QED) is 0.747. The summed E-state index contributed by atoms with van der Waals surface area (Å²) < 4.78 is 0. The fraction of sp³-hybridized carbons (Fsp3) is 0.857. The number of hydrogen-bond donors (Lipinski definition) is 1. The first kappa shape index (κ1) is 13.1. The Morgan fingerprint density at radius 3 is 2.59 bits per heavy atom. The van der Waals surface area contributed by atoms with Crippen molar-refractivity contribution in [1.82, 2.24) is 15.1 Å². The Hall–Kier alpha value is -0.380. The van der Waals surface area contributed by atoms with Gasteiger partial charge in [0, 0.05) is 44.3 Å². The van der Waals surface area contributed by atoms with Crippen LogP contribution in [0.4, 0.5) is 0 Å². The van der Waals surface area contributed by atoms with E-state index in [-0.39, 0.29) is 0 Å². The fourth-order valence-corrected chi connectivity index (χ4v) is 3.15. The Labute approximate surface area is 106 Å². The maximum absolute atomic E-state index is 3.82. The Balaban J connectivity index is 1.82. The topological polar surface area (TPSA) is 18.5 Å². The normalized spacial score (nSPS) is 31.3. The first-order valence-corrected chi connectivity index (χ1v) is 6.93. The Morgan fingerprint density at radius 1 is 1.29 bits per heavy atom. The van der Waals surface area contributed by atoms with Crippen molar-refractivity contribution in [2.45, 2.75) is 38.3 Å². The van der Waals surface area contributed by atoms with Gasteiger partial charge in [-0.05, 0) is 33.2 Å².